The van der Waals surface area contributed by atoms with Gasteiger partial charge in [-0.3, -0.25) is 4.79 Å². The molecule has 150 valence electrons. The third kappa shape index (κ3) is 4.74. The molecule has 0 bridgehead atoms. The molecule has 1 amide bonds. The van der Waals surface area contributed by atoms with Crippen LogP contribution in [0, 0.1) is 0 Å². The summed E-state index contributed by atoms with van der Waals surface area (Å²) in [6.45, 7) is 4.81. The molecule has 0 aliphatic carbocycles. The number of methoxy groups -OCH3 is 2. The number of rotatable bonds is 6. The van der Waals surface area contributed by atoms with E-state index >= 15 is 0 Å². The molecule has 1 N–H and O–H groups in total. The van der Waals surface area contributed by atoms with Gasteiger partial charge >= 0.3 is 0 Å². The zero-order chi connectivity index (χ0) is 20.1. The number of amides is 1. The molecule has 1 unspecified atom stereocenters. The van der Waals surface area contributed by atoms with Crippen LogP contribution in [0.5, 0.6) is 11.5 Å². The third-order valence-corrected chi connectivity index (χ3v) is 5.32. The molecule has 1 aromatic heterocycles. The molecule has 0 radical (unpaired) electrons. The van der Waals surface area contributed by atoms with E-state index < -0.39 is 0 Å². The van der Waals surface area contributed by atoms with Crippen molar-refractivity contribution in [3.63, 3.8) is 0 Å². The highest BCUT2D eigenvalue weighted by Crippen LogP contribution is 2.35. The van der Waals surface area contributed by atoms with Crippen molar-refractivity contribution in [3.8, 4) is 11.5 Å². The molecule has 0 spiro atoms. The molecule has 1 aromatic carbocycles. The standard InChI is InChI=1S/C20H24BrN3O4/c1-13-12-24(6-7-28-13)18-5-4-14(10-22-18)11-23-20(25)15-8-16(26-2)19(21)17(9-15)27-3/h4-5,8-10,13H,6-7,11-12H2,1-3H3,(H,23,25). The van der Waals surface area contributed by atoms with Gasteiger partial charge in [-0.25, -0.2) is 4.98 Å². The van der Waals surface area contributed by atoms with Gasteiger partial charge in [0, 0.05) is 31.4 Å². The van der Waals surface area contributed by atoms with Gasteiger partial charge in [-0.05, 0) is 46.6 Å². The predicted octanol–water partition coefficient (Wildman–Crippen LogP) is 3.02. The normalized spacial score (nSPS) is 16.6. The second-order valence-electron chi connectivity index (χ2n) is 6.53. The van der Waals surface area contributed by atoms with Crippen molar-refractivity contribution in [1.29, 1.82) is 0 Å². The fourth-order valence-corrected chi connectivity index (χ4v) is 3.57. The van der Waals surface area contributed by atoms with Crippen LogP contribution in [0.25, 0.3) is 0 Å². The first-order chi connectivity index (χ1) is 13.5. The minimum Gasteiger partial charge on any atom is -0.495 e. The van der Waals surface area contributed by atoms with Gasteiger partial charge in [-0.2, -0.15) is 0 Å². The number of benzene rings is 1. The van der Waals surface area contributed by atoms with Gasteiger partial charge in [0.1, 0.15) is 21.8 Å². The van der Waals surface area contributed by atoms with Gasteiger partial charge in [-0.1, -0.05) is 6.07 Å². The van der Waals surface area contributed by atoms with Gasteiger partial charge < -0.3 is 24.4 Å². The Balaban J connectivity index is 1.63. The van der Waals surface area contributed by atoms with E-state index in [2.05, 4.69) is 38.1 Å². The smallest absolute Gasteiger partial charge is 0.251 e. The molecule has 7 nitrogen and oxygen atoms in total. The first-order valence-corrected chi connectivity index (χ1v) is 9.82. The Morgan fingerprint density at radius 1 is 1.32 bits per heavy atom. The van der Waals surface area contributed by atoms with Crippen molar-refractivity contribution in [2.45, 2.75) is 19.6 Å². The average Bonchev–Trinajstić information content (AvgIpc) is 2.72. The van der Waals surface area contributed by atoms with E-state index in [1.54, 1.807) is 32.5 Å². The number of carbonyl (C=O) groups excluding carboxylic acids is 1. The van der Waals surface area contributed by atoms with Crippen LogP contribution >= 0.6 is 15.9 Å². The van der Waals surface area contributed by atoms with Crippen LogP contribution in [-0.4, -0.2) is 50.9 Å². The second kappa shape index (κ2) is 9.25. The van der Waals surface area contributed by atoms with E-state index in [1.807, 2.05) is 12.1 Å². The van der Waals surface area contributed by atoms with Gasteiger partial charge in [0.15, 0.2) is 0 Å². The van der Waals surface area contributed by atoms with Gasteiger partial charge in [-0.15, -0.1) is 0 Å². The maximum absolute atomic E-state index is 12.5. The number of nitrogens with zero attached hydrogens (tertiary/aromatic N) is 2. The highest BCUT2D eigenvalue weighted by atomic mass is 79.9. The molecule has 2 aromatic rings. The summed E-state index contributed by atoms with van der Waals surface area (Å²) in [6.07, 6.45) is 1.99. The van der Waals surface area contributed by atoms with Crippen molar-refractivity contribution < 1.29 is 19.0 Å². The van der Waals surface area contributed by atoms with Crippen molar-refractivity contribution in [2.24, 2.45) is 0 Å². The Morgan fingerprint density at radius 3 is 2.61 bits per heavy atom. The number of pyridine rings is 1. The third-order valence-electron chi connectivity index (χ3n) is 4.54. The van der Waals surface area contributed by atoms with Crippen LogP contribution in [0.1, 0.15) is 22.8 Å². The van der Waals surface area contributed by atoms with Gasteiger partial charge in [0.05, 0.1) is 26.9 Å². The molecule has 1 aliphatic rings. The number of hydrogen-bond donors (Lipinski definition) is 1. The molecule has 3 rings (SSSR count). The van der Waals surface area contributed by atoms with Gasteiger partial charge in [0.25, 0.3) is 5.91 Å². The molecule has 1 fully saturated rings. The zero-order valence-electron chi connectivity index (χ0n) is 16.2. The summed E-state index contributed by atoms with van der Waals surface area (Å²) in [4.78, 5) is 19.3. The van der Waals surface area contributed by atoms with Crippen molar-refractivity contribution in [2.75, 3.05) is 38.8 Å². The van der Waals surface area contributed by atoms with Crippen LogP contribution in [0.15, 0.2) is 34.9 Å². The van der Waals surface area contributed by atoms with Crippen molar-refractivity contribution >= 4 is 27.7 Å². The largest absolute Gasteiger partial charge is 0.495 e. The summed E-state index contributed by atoms with van der Waals surface area (Å²) in [7, 11) is 3.09. The summed E-state index contributed by atoms with van der Waals surface area (Å²) >= 11 is 3.40. The van der Waals surface area contributed by atoms with E-state index in [0.29, 0.717) is 34.7 Å². The van der Waals surface area contributed by atoms with Gasteiger partial charge in [0.2, 0.25) is 0 Å². The zero-order valence-corrected chi connectivity index (χ0v) is 17.8. The summed E-state index contributed by atoms with van der Waals surface area (Å²) < 4.78 is 16.8. The Kier molecular flexibility index (Phi) is 6.74. The Bertz CT molecular complexity index is 804. The lowest BCUT2D eigenvalue weighted by Crippen LogP contribution is -2.41. The van der Waals surface area contributed by atoms with E-state index in [4.69, 9.17) is 14.2 Å². The summed E-state index contributed by atoms with van der Waals surface area (Å²) in [5.41, 5.74) is 1.39. The summed E-state index contributed by atoms with van der Waals surface area (Å²) in [5.74, 6) is 1.79. The molecule has 8 heteroatoms. The van der Waals surface area contributed by atoms with Crippen molar-refractivity contribution in [1.82, 2.24) is 10.3 Å². The van der Waals surface area contributed by atoms with E-state index in [0.717, 1.165) is 24.5 Å². The molecule has 1 aliphatic heterocycles. The van der Waals surface area contributed by atoms with Crippen LogP contribution in [0.2, 0.25) is 0 Å². The second-order valence-corrected chi connectivity index (χ2v) is 7.32. The molecule has 2 heterocycles. The first-order valence-electron chi connectivity index (χ1n) is 9.03. The lowest BCUT2D eigenvalue weighted by Gasteiger charge is -2.32. The van der Waals surface area contributed by atoms with Crippen LogP contribution in [0.3, 0.4) is 0 Å². The van der Waals surface area contributed by atoms with Crippen LogP contribution < -0.4 is 19.7 Å². The van der Waals surface area contributed by atoms with Crippen molar-refractivity contribution in [3.05, 3.63) is 46.1 Å². The molecule has 0 saturated carbocycles. The molecule has 28 heavy (non-hydrogen) atoms. The monoisotopic (exact) mass is 449 g/mol. The molecule has 1 atom stereocenters. The number of anilines is 1. The highest BCUT2D eigenvalue weighted by molar-refractivity contribution is 9.10. The SMILES string of the molecule is COc1cc(C(=O)NCc2ccc(N3CCOC(C)C3)nc2)cc(OC)c1Br. The van der Waals surface area contributed by atoms with E-state index in [-0.39, 0.29) is 12.0 Å². The minimum absolute atomic E-state index is 0.203. The summed E-state index contributed by atoms with van der Waals surface area (Å²) in [6, 6.07) is 7.29. The fourth-order valence-electron chi connectivity index (χ4n) is 3.02. The maximum Gasteiger partial charge on any atom is 0.251 e. The Labute approximate surface area is 173 Å². The van der Waals surface area contributed by atoms with Crippen LogP contribution in [0.4, 0.5) is 5.82 Å². The lowest BCUT2D eigenvalue weighted by atomic mass is 10.1. The summed E-state index contributed by atoms with van der Waals surface area (Å²) in [5, 5.41) is 2.90. The first kappa shape index (κ1) is 20.4. The van der Waals surface area contributed by atoms with Crippen LogP contribution in [-0.2, 0) is 11.3 Å². The van der Waals surface area contributed by atoms with E-state index in [9.17, 15) is 4.79 Å². The number of hydrogen-bond acceptors (Lipinski definition) is 6. The molecular weight excluding hydrogens is 426 g/mol. The Morgan fingerprint density at radius 2 is 2.04 bits per heavy atom. The average molecular weight is 450 g/mol. The number of ether oxygens (including phenoxy) is 3. The quantitative estimate of drug-likeness (QED) is 0.730. The molecule has 1 saturated heterocycles. The fraction of sp³-hybridized carbons (Fsp3) is 0.400. The number of morpholine rings is 1. The predicted molar refractivity (Wildman–Crippen MR) is 110 cm³/mol. The molecular formula is C20H24BrN3O4. The van der Waals surface area contributed by atoms with E-state index in [1.165, 1.54) is 0 Å². The maximum atomic E-state index is 12.5. The lowest BCUT2D eigenvalue weighted by molar-refractivity contribution is 0.0529. The highest BCUT2D eigenvalue weighted by Gasteiger charge is 2.18. The topological polar surface area (TPSA) is 72.9 Å². The number of carbonyl (C=O) groups is 1. The number of nitrogens with one attached hydrogen (secondary N) is 1. The Hall–Kier alpha value is -2.32. The minimum atomic E-state index is -0.213. The number of aromatic nitrogens is 1. The number of halogens is 1.